The van der Waals surface area contributed by atoms with Crippen molar-refractivity contribution >= 4 is 0 Å². The van der Waals surface area contributed by atoms with Crippen molar-refractivity contribution < 1.29 is 9.47 Å². The second-order valence-corrected chi connectivity index (χ2v) is 4.74. The van der Waals surface area contributed by atoms with Crippen LogP contribution in [0.5, 0.6) is 5.75 Å². The van der Waals surface area contributed by atoms with E-state index in [0.29, 0.717) is 13.2 Å². The van der Waals surface area contributed by atoms with E-state index >= 15 is 0 Å². The van der Waals surface area contributed by atoms with Crippen LogP contribution in [-0.2, 0) is 4.74 Å². The molecule has 1 unspecified atom stereocenters. The lowest BCUT2D eigenvalue weighted by atomic mass is 9.96. The van der Waals surface area contributed by atoms with Gasteiger partial charge in [-0.25, -0.2) is 0 Å². The van der Waals surface area contributed by atoms with Gasteiger partial charge in [0.25, 0.3) is 0 Å². The monoisotopic (exact) mass is 235 g/mol. The molecule has 1 heterocycles. The van der Waals surface area contributed by atoms with Crippen molar-refractivity contribution in [2.24, 2.45) is 0 Å². The Labute approximate surface area is 103 Å². The van der Waals surface area contributed by atoms with Crippen molar-refractivity contribution in [3.63, 3.8) is 0 Å². The van der Waals surface area contributed by atoms with E-state index in [4.69, 9.17) is 9.47 Å². The number of rotatable bonds is 5. The van der Waals surface area contributed by atoms with Gasteiger partial charge in [0.1, 0.15) is 12.4 Å². The second kappa shape index (κ2) is 6.03. The molecule has 0 bridgehead atoms. The van der Waals surface area contributed by atoms with Gasteiger partial charge in [0.15, 0.2) is 0 Å². The van der Waals surface area contributed by atoms with Gasteiger partial charge in [-0.3, -0.25) is 0 Å². The molecule has 0 saturated carbocycles. The molecule has 0 radical (unpaired) electrons. The van der Waals surface area contributed by atoms with Crippen LogP contribution in [0.3, 0.4) is 0 Å². The lowest BCUT2D eigenvalue weighted by Crippen LogP contribution is -2.45. The summed E-state index contributed by atoms with van der Waals surface area (Å²) in [7, 11) is 0. The normalized spacial score (nSPS) is 24.5. The number of piperidine rings is 1. The third-order valence-electron chi connectivity index (χ3n) is 3.10. The summed E-state index contributed by atoms with van der Waals surface area (Å²) in [5, 5.41) is 3.37. The summed E-state index contributed by atoms with van der Waals surface area (Å²) in [6, 6.07) is 9.86. The van der Waals surface area contributed by atoms with E-state index in [1.54, 1.807) is 0 Å². The Morgan fingerprint density at radius 1 is 1.24 bits per heavy atom. The maximum atomic E-state index is 5.90. The first-order valence-electron chi connectivity index (χ1n) is 6.31. The van der Waals surface area contributed by atoms with Crippen LogP contribution >= 0.6 is 0 Å². The number of hydrogen-bond acceptors (Lipinski definition) is 3. The highest BCUT2D eigenvalue weighted by atomic mass is 16.5. The molecule has 1 N–H and O–H groups in total. The summed E-state index contributed by atoms with van der Waals surface area (Å²) in [5.74, 6) is 0.906. The van der Waals surface area contributed by atoms with Gasteiger partial charge in [0.2, 0.25) is 0 Å². The van der Waals surface area contributed by atoms with Gasteiger partial charge < -0.3 is 14.8 Å². The van der Waals surface area contributed by atoms with Crippen LogP contribution in [-0.4, -0.2) is 31.9 Å². The first-order valence-corrected chi connectivity index (χ1v) is 6.31. The van der Waals surface area contributed by atoms with Gasteiger partial charge in [-0.2, -0.15) is 0 Å². The van der Waals surface area contributed by atoms with Crippen LogP contribution in [0.25, 0.3) is 0 Å². The molecule has 94 valence electrons. The summed E-state index contributed by atoms with van der Waals surface area (Å²) >= 11 is 0. The van der Waals surface area contributed by atoms with Gasteiger partial charge in [-0.15, -0.1) is 0 Å². The first kappa shape index (κ1) is 12.4. The quantitative estimate of drug-likeness (QED) is 0.794. The van der Waals surface area contributed by atoms with Crippen LogP contribution in [0.2, 0.25) is 0 Å². The molecule has 1 atom stereocenters. The summed E-state index contributed by atoms with van der Waals surface area (Å²) in [6.45, 7) is 5.48. The van der Waals surface area contributed by atoms with E-state index in [2.05, 4.69) is 12.2 Å². The highest BCUT2D eigenvalue weighted by molar-refractivity contribution is 5.20. The van der Waals surface area contributed by atoms with Crippen molar-refractivity contribution in [3.05, 3.63) is 30.3 Å². The number of ether oxygens (including phenoxy) is 2. The van der Waals surface area contributed by atoms with Crippen molar-refractivity contribution in [1.29, 1.82) is 0 Å². The minimum atomic E-state index is -0.0156. The smallest absolute Gasteiger partial charge is 0.119 e. The summed E-state index contributed by atoms with van der Waals surface area (Å²) in [5.41, 5.74) is -0.0156. The maximum Gasteiger partial charge on any atom is 0.119 e. The molecule has 0 amide bonds. The highest BCUT2D eigenvalue weighted by Crippen LogP contribution is 2.19. The Balaban J connectivity index is 1.66. The molecule has 1 aromatic carbocycles. The molecule has 17 heavy (non-hydrogen) atoms. The molecule has 2 rings (SSSR count). The Morgan fingerprint density at radius 3 is 2.76 bits per heavy atom. The zero-order valence-electron chi connectivity index (χ0n) is 10.4. The lowest BCUT2D eigenvalue weighted by molar-refractivity contribution is -0.0557. The zero-order chi connectivity index (χ0) is 12.0. The fourth-order valence-electron chi connectivity index (χ4n) is 2.12. The molecule has 0 aromatic heterocycles. The standard InChI is InChI=1S/C14H21NO2/c1-14(8-5-9-15-12-14)17-11-10-16-13-6-3-2-4-7-13/h2-4,6-7,15H,5,8-12H2,1H3. The lowest BCUT2D eigenvalue weighted by Gasteiger charge is -2.34. The molecule has 3 nitrogen and oxygen atoms in total. The number of nitrogens with one attached hydrogen (secondary N) is 1. The number of benzene rings is 1. The van der Waals surface area contributed by atoms with E-state index < -0.39 is 0 Å². The SMILES string of the molecule is CC1(OCCOc2ccccc2)CCCNC1. The van der Waals surface area contributed by atoms with Gasteiger partial charge in [0.05, 0.1) is 12.2 Å². The predicted molar refractivity (Wildman–Crippen MR) is 68.4 cm³/mol. The molecule has 1 aromatic rings. The zero-order valence-corrected chi connectivity index (χ0v) is 10.4. The molecule has 0 spiro atoms. The highest BCUT2D eigenvalue weighted by Gasteiger charge is 2.26. The fraction of sp³-hybridized carbons (Fsp3) is 0.571. The minimum Gasteiger partial charge on any atom is -0.491 e. The molecule has 3 heteroatoms. The average molecular weight is 235 g/mol. The van der Waals surface area contributed by atoms with E-state index in [0.717, 1.165) is 25.3 Å². The van der Waals surface area contributed by atoms with E-state index in [9.17, 15) is 0 Å². The Hall–Kier alpha value is -1.06. The van der Waals surface area contributed by atoms with E-state index in [1.807, 2.05) is 30.3 Å². The van der Waals surface area contributed by atoms with Crippen LogP contribution in [0.15, 0.2) is 30.3 Å². The largest absolute Gasteiger partial charge is 0.491 e. The molecule has 1 aliphatic heterocycles. The number of para-hydroxylation sites is 1. The Bertz CT molecular complexity index is 320. The minimum absolute atomic E-state index is 0.0156. The summed E-state index contributed by atoms with van der Waals surface area (Å²) in [4.78, 5) is 0. The van der Waals surface area contributed by atoms with Crippen molar-refractivity contribution in [2.45, 2.75) is 25.4 Å². The Morgan fingerprint density at radius 2 is 2.06 bits per heavy atom. The summed E-state index contributed by atoms with van der Waals surface area (Å²) < 4.78 is 11.5. The topological polar surface area (TPSA) is 30.5 Å². The van der Waals surface area contributed by atoms with Crippen LogP contribution in [0.1, 0.15) is 19.8 Å². The van der Waals surface area contributed by atoms with E-state index in [-0.39, 0.29) is 5.60 Å². The molecular weight excluding hydrogens is 214 g/mol. The van der Waals surface area contributed by atoms with Gasteiger partial charge in [-0.05, 0) is 38.4 Å². The average Bonchev–Trinajstić information content (AvgIpc) is 2.37. The summed E-state index contributed by atoms with van der Waals surface area (Å²) in [6.07, 6.45) is 2.32. The van der Waals surface area contributed by atoms with Crippen LogP contribution < -0.4 is 10.1 Å². The molecule has 1 aliphatic rings. The Kier molecular flexibility index (Phi) is 4.40. The fourth-order valence-corrected chi connectivity index (χ4v) is 2.12. The van der Waals surface area contributed by atoms with Crippen LogP contribution in [0, 0.1) is 0 Å². The first-order chi connectivity index (χ1) is 8.29. The predicted octanol–water partition coefficient (Wildman–Crippen LogP) is 2.22. The maximum absolute atomic E-state index is 5.90. The third kappa shape index (κ3) is 4.02. The molecular formula is C14H21NO2. The van der Waals surface area contributed by atoms with Crippen molar-refractivity contribution in [3.8, 4) is 5.75 Å². The molecule has 1 saturated heterocycles. The molecule has 1 fully saturated rings. The van der Waals surface area contributed by atoms with Gasteiger partial charge >= 0.3 is 0 Å². The second-order valence-electron chi connectivity index (χ2n) is 4.74. The van der Waals surface area contributed by atoms with E-state index in [1.165, 1.54) is 6.42 Å². The molecule has 0 aliphatic carbocycles. The van der Waals surface area contributed by atoms with Crippen LogP contribution in [0.4, 0.5) is 0 Å². The van der Waals surface area contributed by atoms with Crippen molar-refractivity contribution in [1.82, 2.24) is 5.32 Å². The number of hydrogen-bond donors (Lipinski definition) is 1. The van der Waals surface area contributed by atoms with Gasteiger partial charge in [-0.1, -0.05) is 18.2 Å². The third-order valence-corrected chi connectivity index (χ3v) is 3.10. The van der Waals surface area contributed by atoms with Crippen molar-refractivity contribution in [2.75, 3.05) is 26.3 Å². The van der Waals surface area contributed by atoms with Gasteiger partial charge in [0, 0.05) is 6.54 Å².